The Balaban J connectivity index is 1.50. The van der Waals surface area contributed by atoms with Gasteiger partial charge in [-0.1, -0.05) is 40.3 Å². The second kappa shape index (κ2) is 7.66. The SMILES string of the molecule is Cc1nc(C2(NC(=O)[C@@H]3CC(=O)N(c4ccc(Br)cc4)C3)CCCCC2)no1. The summed E-state index contributed by atoms with van der Waals surface area (Å²) in [6.45, 7) is 2.13. The van der Waals surface area contributed by atoms with E-state index >= 15 is 0 Å². The minimum absolute atomic E-state index is 0.0319. The average Bonchev–Trinajstić information content (AvgIpc) is 3.30. The third kappa shape index (κ3) is 3.70. The van der Waals surface area contributed by atoms with E-state index in [0.717, 1.165) is 42.3 Å². The van der Waals surface area contributed by atoms with Crippen molar-refractivity contribution in [1.82, 2.24) is 15.5 Å². The van der Waals surface area contributed by atoms with Crippen LogP contribution < -0.4 is 10.2 Å². The lowest BCUT2D eigenvalue weighted by Gasteiger charge is -2.36. The number of aromatic nitrogens is 2. The zero-order chi connectivity index (χ0) is 19.7. The molecule has 0 radical (unpaired) electrons. The molecule has 4 rings (SSSR count). The van der Waals surface area contributed by atoms with Crippen molar-refractivity contribution in [2.75, 3.05) is 11.4 Å². The molecule has 2 fully saturated rings. The number of carbonyl (C=O) groups excluding carboxylic acids is 2. The largest absolute Gasteiger partial charge is 0.343 e. The summed E-state index contributed by atoms with van der Waals surface area (Å²) >= 11 is 3.40. The maximum Gasteiger partial charge on any atom is 0.227 e. The van der Waals surface area contributed by atoms with Crippen LogP contribution in [0, 0.1) is 12.8 Å². The average molecular weight is 447 g/mol. The predicted octanol–water partition coefficient (Wildman–Crippen LogP) is 3.47. The Hall–Kier alpha value is -2.22. The number of halogens is 1. The molecule has 2 aromatic rings. The Bertz CT molecular complexity index is 874. The molecule has 0 spiro atoms. The van der Waals surface area contributed by atoms with Crippen molar-refractivity contribution in [3.63, 3.8) is 0 Å². The van der Waals surface area contributed by atoms with Crippen molar-refractivity contribution in [2.45, 2.75) is 51.0 Å². The fourth-order valence-corrected chi connectivity index (χ4v) is 4.41. The Morgan fingerprint density at radius 2 is 1.96 bits per heavy atom. The van der Waals surface area contributed by atoms with E-state index in [9.17, 15) is 9.59 Å². The van der Waals surface area contributed by atoms with Gasteiger partial charge in [0.05, 0.1) is 5.92 Å². The molecular weight excluding hydrogens is 424 g/mol. The lowest BCUT2D eigenvalue weighted by molar-refractivity contribution is -0.128. The van der Waals surface area contributed by atoms with Gasteiger partial charge in [-0.05, 0) is 37.1 Å². The zero-order valence-corrected chi connectivity index (χ0v) is 17.4. The quantitative estimate of drug-likeness (QED) is 0.776. The first kappa shape index (κ1) is 19.1. The van der Waals surface area contributed by atoms with Crippen molar-refractivity contribution in [3.8, 4) is 0 Å². The molecule has 1 saturated carbocycles. The van der Waals surface area contributed by atoms with Crippen LogP contribution in [0.2, 0.25) is 0 Å². The molecule has 1 saturated heterocycles. The minimum atomic E-state index is -0.596. The van der Waals surface area contributed by atoms with Gasteiger partial charge in [-0.15, -0.1) is 0 Å². The molecule has 1 aliphatic heterocycles. The number of nitrogens with one attached hydrogen (secondary N) is 1. The summed E-state index contributed by atoms with van der Waals surface area (Å²) in [6, 6.07) is 7.55. The van der Waals surface area contributed by atoms with E-state index in [-0.39, 0.29) is 24.2 Å². The summed E-state index contributed by atoms with van der Waals surface area (Å²) < 4.78 is 6.12. The summed E-state index contributed by atoms with van der Waals surface area (Å²) in [6.07, 6.45) is 4.92. The molecule has 2 aliphatic rings. The van der Waals surface area contributed by atoms with Gasteiger partial charge < -0.3 is 14.7 Å². The van der Waals surface area contributed by atoms with Crippen molar-refractivity contribution >= 4 is 33.4 Å². The molecule has 148 valence electrons. The van der Waals surface area contributed by atoms with E-state index in [1.807, 2.05) is 24.3 Å². The third-order valence-electron chi connectivity index (χ3n) is 5.66. The number of aryl methyl sites for hydroxylation is 1. The van der Waals surface area contributed by atoms with Gasteiger partial charge in [0, 0.05) is 30.0 Å². The third-order valence-corrected chi connectivity index (χ3v) is 6.19. The van der Waals surface area contributed by atoms with E-state index in [4.69, 9.17) is 4.52 Å². The van der Waals surface area contributed by atoms with Crippen LogP contribution in [0.3, 0.4) is 0 Å². The number of carbonyl (C=O) groups is 2. The minimum Gasteiger partial charge on any atom is -0.343 e. The van der Waals surface area contributed by atoms with Crippen LogP contribution in [0.25, 0.3) is 0 Å². The highest BCUT2D eigenvalue weighted by Crippen LogP contribution is 2.36. The maximum atomic E-state index is 13.1. The number of anilines is 1. The first-order valence-electron chi connectivity index (χ1n) is 9.66. The molecule has 1 atom stereocenters. The zero-order valence-electron chi connectivity index (χ0n) is 15.8. The Morgan fingerprint density at radius 1 is 1.25 bits per heavy atom. The van der Waals surface area contributed by atoms with Gasteiger partial charge in [0.15, 0.2) is 5.82 Å². The Morgan fingerprint density at radius 3 is 2.61 bits per heavy atom. The van der Waals surface area contributed by atoms with Gasteiger partial charge in [-0.2, -0.15) is 4.98 Å². The number of benzene rings is 1. The van der Waals surface area contributed by atoms with Gasteiger partial charge >= 0.3 is 0 Å². The number of amides is 2. The van der Waals surface area contributed by atoms with Crippen LogP contribution in [0.4, 0.5) is 5.69 Å². The lowest BCUT2D eigenvalue weighted by atomic mass is 9.80. The highest BCUT2D eigenvalue weighted by Gasteiger charge is 2.43. The van der Waals surface area contributed by atoms with Gasteiger partial charge in [0.1, 0.15) is 5.54 Å². The molecule has 8 heteroatoms. The molecule has 2 amide bonds. The first-order valence-corrected chi connectivity index (χ1v) is 10.4. The second-order valence-electron chi connectivity index (χ2n) is 7.65. The molecule has 1 aliphatic carbocycles. The van der Waals surface area contributed by atoms with Gasteiger partial charge in [-0.25, -0.2) is 0 Å². The summed E-state index contributed by atoms with van der Waals surface area (Å²) in [4.78, 5) is 31.7. The number of rotatable bonds is 4. The standard InChI is InChI=1S/C20H23BrN4O3/c1-13-22-19(24-28-13)20(9-3-2-4-10-20)23-18(27)14-11-17(26)25(12-14)16-7-5-15(21)6-8-16/h5-8,14H,2-4,9-12H2,1H3,(H,23,27)/t14-/m1/s1. The van der Waals surface area contributed by atoms with E-state index in [1.165, 1.54) is 0 Å². The molecule has 28 heavy (non-hydrogen) atoms. The fraction of sp³-hybridized carbons (Fsp3) is 0.500. The van der Waals surface area contributed by atoms with Crippen LogP contribution in [0.15, 0.2) is 33.3 Å². The first-order chi connectivity index (χ1) is 13.5. The number of hydrogen-bond acceptors (Lipinski definition) is 5. The second-order valence-corrected chi connectivity index (χ2v) is 8.57. The summed E-state index contributed by atoms with van der Waals surface area (Å²) in [5.74, 6) is 0.509. The van der Waals surface area contributed by atoms with Gasteiger partial charge in [-0.3, -0.25) is 9.59 Å². The molecule has 1 aromatic heterocycles. The fourth-order valence-electron chi connectivity index (χ4n) is 4.15. The van der Waals surface area contributed by atoms with Gasteiger partial charge in [0.25, 0.3) is 0 Å². The summed E-state index contributed by atoms with van der Waals surface area (Å²) in [5.41, 5.74) is 0.214. The smallest absolute Gasteiger partial charge is 0.227 e. The lowest BCUT2D eigenvalue weighted by Crippen LogP contribution is -2.50. The van der Waals surface area contributed by atoms with E-state index in [0.29, 0.717) is 18.3 Å². The molecule has 0 bridgehead atoms. The van der Waals surface area contributed by atoms with E-state index < -0.39 is 5.54 Å². The highest BCUT2D eigenvalue weighted by atomic mass is 79.9. The van der Waals surface area contributed by atoms with Crippen molar-refractivity contribution in [2.24, 2.45) is 5.92 Å². The molecule has 1 N–H and O–H groups in total. The molecular formula is C20H23BrN4O3. The predicted molar refractivity (Wildman–Crippen MR) is 107 cm³/mol. The van der Waals surface area contributed by atoms with Crippen LogP contribution >= 0.6 is 15.9 Å². The topological polar surface area (TPSA) is 88.3 Å². The molecule has 1 aromatic carbocycles. The normalized spacial score (nSPS) is 21.7. The summed E-state index contributed by atoms with van der Waals surface area (Å²) in [7, 11) is 0. The van der Waals surface area contributed by atoms with Crippen LogP contribution in [0.5, 0.6) is 0 Å². The molecule has 7 nitrogen and oxygen atoms in total. The maximum absolute atomic E-state index is 13.1. The van der Waals surface area contributed by atoms with Crippen molar-refractivity contribution in [3.05, 3.63) is 40.5 Å². The molecule has 2 heterocycles. The van der Waals surface area contributed by atoms with Crippen LogP contribution in [0.1, 0.15) is 50.2 Å². The van der Waals surface area contributed by atoms with Crippen molar-refractivity contribution in [1.29, 1.82) is 0 Å². The van der Waals surface area contributed by atoms with Crippen LogP contribution in [-0.2, 0) is 15.1 Å². The number of nitrogens with zero attached hydrogens (tertiary/aromatic N) is 3. The Kier molecular flexibility index (Phi) is 5.23. The number of hydrogen-bond donors (Lipinski definition) is 1. The van der Waals surface area contributed by atoms with E-state index in [1.54, 1.807) is 11.8 Å². The Labute approximate surface area is 172 Å². The summed E-state index contributed by atoms with van der Waals surface area (Å²) in [5, 5.41) is 7.29. The van der Waals surface area contributed by atoms with Gasteiger partial charge in [0.2, 0.25) is 17.7 Å². The molecule has 0 unspecified atom stereocenters. The van der Waals surface area contributed by atoms with Crippen molar-refractivity contribution < 1.29 is 14.1 Å². The highest BCUT2D eigenvalue weighted by molar-refractivity contribution is 9.10. The van der Waals surface area contributed by atoms with Crippen LogP contribution in [-0.4, -0.2) is 28.5 Å². The van der Waals surface area contributed by atoms with E-state index in [2.05, 4.69) is 31.4 Å². The monoisotopic (exact) mass is 446 g/mol.